The largest absolute Gasteiger partial charge is 0.492 e. The minimum absolute atomic E-state index is 0.00856. The van der Waals surface area contributed by atoms with Crippen molar-refractivity contribution in [3.8, 4) is 29.1 Å². The summed E-state index contributed by atoms with van der Waals surface area (Å²) in [7, 11) is 3.80. The molecule has 0 unspecified atom stereocenters. The molecule has 3 heterocycles. The van der Waals surface area contributed by atoms with E-state index in [0.717, 1.165) is 62.9 Å². The molecule has 134 valence electrons. The van der Waals surface area contributed by atoms with Crippen LogP contribution < -0.4 is 14.2 Å². The van der Waals surface area contributed by atoms with Gasteiger partial charge in [0, 0.05) is 25.2 Å². The van der Waals surface area contributed by atoms with E-state index in [0.29, 0.717) is 5.75 Å². The number of hydrogen-bond acceptors (Lipinski definition) is 6. The van der Waals surface area contributed by atoms with Gasteiger partial charge < -0.3 is 18.9 Å². The maximum absolute atomic E-state index is 5.70. The van der Waals surface area contributed by atoms with Crippen LogP contribution in [0, 0.1) is 11.8 Å². The second kappa shape index (κ2) is 7.12. The maximum Gasteiger partial charge on any atom is 0.231 e. The number of likely N-dealkylation sites (N-methyl/N-ethyl adjacent to an activating group) is 1. The van der Waals surface area contributed by atoms with Crippen molar-refractivity contribution in [3.05, 3.63) is 17.2 Å². The van der Waals surface area contributed by atoms with E-state index in [4.69, 9.17) is 18.9 Å². The Labute approximate surface area is 148 Å². The lowest BCUT2D eigenvalue weighted by molar-refractivity contribution is 0.0443. The van der Waals surface area contributed by atoms with Crippen molar-refractivity contribution < 1.29 is 18.9 Å². The van der Waals surface area contributed by atoms with Crippen LogP contribution in [0.5, 0.6) is 17.2 Å². The molecule has 4 rings (SSSR count). The first-order valence-corrected chi connectivity index (χ1v) is 8.76. The summed E-state index contributed by atoms with van der Waals surface area (Å²) in [5, 5.41) is 0. The van der Waals surface area contributed by atoms with E-state index in [1.807, 2.05) is 0 Å². The highest BCUT2D eigenvalue weighted by Gasteiger charge is 2.33. The number of hydrogen-bond donors (Lipinski definition) is 0. The predicted octanol–water partition coefficient (Wildman–Crippen LogP) is 1.29. The van der Waals surface area contributed by atoms with Gasteiger partial charge in [0.1, 0.15) is 6.04 Å². The average Bonchev–Trinajstić information content (AvgIpc) is 3.11. The Morgan fingerprint density at radius 3 is 2.88 bits per heavy atom. The molecule has 1 fully saturated rings. The van der Waals surface area contributed by atoms with Crippen LogP contribution in [-0.4, -0.2) is 70.1 Å². The van der Waals surface area contributed by atoms with Gasteiger partial charge in [0.2, 0.25) is 12.5 Å². The summed E-state index contributed by atoms with van der Waals surface area (Å²) in [6, 6.07) is 2.10. The number of morpholine rings is 1. The van der Waals surface area contributed by atoms with Crippen LogP contribution in [0.4, 0.5) is 0 Å². The highest BCUT2D eigenvalue weighted by molar-refractivity contribution is 5.62. The first-order valence-electron chi connectivity index (χ1n) is 8.76. The lowest BCUT2D eigenvalue weighted by Gasteiger charge is -2.32. The smallest absolute Gasteiger partial charge is 0.231 e. The molecule has 3 aliphatic rings. The maximum atomic E-state index is 5.70. The van der Waals surface area contributed by atoms with Gasteiger partial charge in [-0.25, -0.2) is 0 Å². The van der Waals surface area contributed by atoms with E-state index >= 15 is 0 Å². The Kier molecular flexibility index (Phi) is 4.71. The van der Waals surface area contributed by atoms with Gasteiger partial charge in [0.05, 0.1) is 26.9 Å². The summed E-state index contributed by atoms with van der Waals surface area (Å²) in [5.74, 6) is 9.07. The fraction of sp³-hybridized carbons (Fsp3) is 0.579. The first-order chi connectivity index (χ1) is 12.3. The summed E-state index contributed by atoms with van der Waals surface area (Å²) < 4.78 is 22.3. The monoisotopic (exact) mass is 344 g/mol. The predicted molar refractivity (Wildman–Crippen MR) is 93.2 cm³/mol. The fourth-order valence-electron chi connectivity index (χ4n) is 3.63. The highest BCUT2D eigenvalue weighted by Crippen LogP contribution is 2.49. The van der Waals surface area contributed by atoms with Crippen LogP contribution in [-0.2, 0) is 11.2 Å². The molecule has 1 aromatic carbocycles. The van der Waals surface area contributed by atoms with Crippen LogP contribution in [0.3, 0.4) is 0 Å². The van der Waals surface area contributed by atoms with Crippen molar-refractivity contribution in [1.29, 1.82) is 0 Å². The van der Waals surface area contributed by atoms with Crippen LogP contribution in [0.25, 0.3) is 0 Å². The number of nitrogens with zero attached hydrogens (tertiary/aromatic N) is 2. The van der Waals surface area contributed by atoms with Gasteiger partial charge in [0.25, 0.3) is 0 Å². The van der Waals surface area contributed by atoms with Crippen molar-refractivity contribution in [2.45, 2.75) is 12.5 Å². The van der Waals surface area contributed by atoms with E-state index in [1.165, 1.54) is 5.56 Å². The molecule has 1 aromatic rings. The molecule has 25 heavy (non-hydrogen) atoms. The molecule has 0 aromatic heterocycles. The van der Waals surface area contributed by atoms with Crippen LogP contribution >= 0.6 is 0 Å². The standard InChI is InChI=1S/C19H24N2O4/c1-20-7-5-14-12-16-18(25-13-24-16)19(22-2)17(14)15(20)4-3-6-21-8-10-23-11-9-21/h12,15H,5-11,13H2,1-2H3/t15-/m1/s1. The van der Waals surface area contributed by atoms with Gasteiger partial charge in [-0.2, -0.15) is 0 Å². The highest BCUT2D eigenvalue weighted by atomic mass is 16.7. The molecule has 0 aliphatic carbocycles. The molecule has 0 amide bonds. The topological polar surface area (TPSA) is 43.4 Å². The first kappa shape index (κ1) is 16.5. The molecule has 0 radical (unpaired) electrons. The molecule has 0 N–H and O–H groups in total. The number of fused-ring (bicyclic) bond motifs is 2. The molecule has 1 saturated heterocycles. The lowest BCUT2D eigenvalue weighted by atomic mass is 9.91. The third-order valence-electron chi connectivity index (χ3n) is 5.04. The van der Waals surface area contributed by atoms with Gasteiger partial charge in [-0.3, -0.25) is 9.80 Å². The number of methoxy groups -OCH3 is 1. The van der Waals surface area contributed by atoms with E-state index in [-0.39, 0.29) is 12.8 Å². The van der Waals surface area contributed by atoms with E-state index < -0.39 is 0 Å². The van der Waals surface area contributed by atoms with Crippen molar-refractivity contribution in [2.24, 2.45) is 0 Å². The van der Waals surface area contributed by atoms with Crippen molar-refractivity contribution in [2.75, 3.05) is 60.3 Å². The van der Waals surface area contributed by atoms with Gasteiger partial charge in [-0.05, 0) is 25.1 Å². The van der Waals surface area contributed by atoms with E-state index in [9.17, 15) is 0 Å². The van der Waals surface area contributed by atoms with Gasteiger partial charge in [-0.1, -0.05) is 11.8 Å². The number of ether oxygens (including phenoxy) is 4. The average molecular weight is 344 g/mol. The van der Waals surface area contributed by atoms with Gasteiger partial charge >= 0.3 is 0 Å². The lowest BCUT2D eigenvalue weighted by Crippen LogP contribution is -2.36. The normalized spacial score (nSPS) is 22.9. The van der Waals surface area contributed by atoms with Crippen molar-refractivity contribution in [3.63, 3.8) is 0 Å². The molecule has 0 bridgehead atoms. The summed E-state index contributed by atoms with van der Waals surface area (Å²) >= 11 is 0. The zero-order valence-corrected chi connectivity index (χ0v) is 14.8. The van der Waals surface area contributed by atoms with Gasteiger partial charge in [-0.15, -0.1) is 0 Å². The molecule has 3 aliphatic heterocycles. The Bertz CT molecular complexity index is 704. The molecule has 0 spiro atoms. The third-order valence-corrected chi connectivity index (χ3v) is 5.04. The van der Waals surface area contributed by atoms with Gasteiger partial charge in [0.15, 0.2) is 11.5 Å². The van der Waals surface area contributed by atoms with E-state index in [1.54, 1.807) is 7.11 Å². The Morgan fingerprint density at radius 1 is 1.24 bits per heavy atom. The minimum atomic E-state index is 0.00856. The second-order valence-corrected chi connectivity index (χ2v) is 6.56. The summed E-state index contributed by atoms with van der Waals surface area (Å²) in [5.41, 5.74) is 2.36. The van der Waals surface area contributed by atoms with Crippen LogP contribution in [0.1, 0.15) is 17.2 Å². The number of benzene rings is 1. The van der Waals surface area contributed by atoms with Crippen LogP contribution in [0.15, 0.2) is 6.07 Å². The molecule has 1 atom stereocenters. The van der Waals surface area contributed by atoms with E-state index in [2.05, 4.69) is 34.8 Å². The zero-order chi connectivity index (χ0) is 17.2. The molecular formula is C19H24N2O4. The third kappa shape index (κ3) is 3.15. The Morgan fingerprint density at radius 2 is 2.08 bits per heavy atom. The SMILES string of the molecule is COc1c2c(cc3c1[C@@H](C#CCN1CCOCC1)N(C)CC3)OCO2. The van der Waals surface area contributed by atoms with Crippen molar-refractivity contribution >= 4 is 0 Å². The summed E-state index contributed by atoms with van der Waals surface area (Å²) in [4.78, 5) is 4.61. The fourth-order valence-corrected chi connectivity index (χ4v) is 3.63. The quantitative estimate of drug-likeness (QED) is 0.754. The molecular weight excluding hydrogens is 320 g/mol. The van der Waals surface area contributed by atoms with Crippen molar-refractivity contribution in [1.82, 2.24) is 9.80 Å². The zero-order valence-electron chi connectivity index (χ0n) is 14.8. The molecule has 0 saturated carbocycles. The summed E-state index contributed by atoms with van der Waals surface area (Å²) in [6.07, 6.45) is 0.959. The second-order valence-electron chi connectivity index (χ2n) is 6.56. The molecule has 6 heteroatoms. The number of rotatable bonds is 2. The van der Waals surface area contributed by atoms with Crippen LogP contribution in [0.2, 0.25) is 0 Å². The minimum Gasteiger partial charge on any atom is -0.492 e. The summed E-state index contributed by atoms with van der Waals surface area (Å²) in [6.45, 7) is 5.48. The Hall–Kier alpha value is -1.94. The Balaban J connectivity index is 1.63. The molecule has 6 nitrogen and oxygen atoms in total.